The summed E-state index contributed by atoms with van der Waals surface area (Å²) in [7, 11) is 0. The molecule has 0 bridgehead atoms. The fraction of sp³-hybridized carbons (Fsp3) is 0.619. The van der Waals surface area contributed by atoms with Crippen molar-refractivity contribution in [2.24, 2.45) is 11.8 Å². The van der Waals surface area contributed by atoms with Crippen LogP contribution in [0.15, 0.2) is 24.3 Å². The van der Waals surface area contributed by atoms with Crippen molar-refractivity contribution in [3.05, 3.63) is 29.8 Å². The molecule has 3 nitrogen and oxygen atoms in total. The summed E-state index contributed by atoms with van der Waals surface area (Å²) in [5.41, 5.74) is 2.08. The first-order valence-corrected chi connectivity index (χ1v) is 9.29. The van der Waals surface area contributed by atoms with Gasteiger partial charge < -0.3 is 0 Å². The standard InChI is InChI=1S/C21H31NO2/c1-6-8-15(3)18-14-19(23)22(20(18)24)17-11-9-16(10-12-17)21(4,5)13-7-2/h9-12,15,18H,6-8,13-14H2,1-5H3. The highest BCUT2D eigenvalue weighted by molar-refractivity contribution is 6.21. The number of amides is 2. The van der Waals surface area contributed by atoms with Crippen molar-refractivity contribution in [1.82, 2.24) is 0 Å². The summed E-state index contributed by atoms with van der Waals surface area (Å²) in [6, 6.07) is 7.98. The molecule has 0 radical (unpaired) electrons. The number of anilines is 1. The molecule has 2 atom stereocenters. The van der Waals surface area contributed by atoms with Crippen LogP contribution < -0.4 is 4.90 Å². The van der Waals surface area contributed by atoms with Crippen LogP contribution in [-0.2, 0) is 15.0 Å². The lowest BCUT2D eigenvalue weighted by Gasteiger charge is -2.25. The summed E-state index contributed by atoms with van der Waals surface area (Å²) >= 11 is 0. The molecule has 1 fully saturated rings. The van der Waals surface area contributed by atoms with E-state index >= 15 is 0 Å². The zero-order valence-corrected chi connectivity index (χ0v) is 15.8. The Hall–Kier alpha value is -1.64. The third-order valence-corrected chi connectivity index (χ3v) is 5.39. The van der Waals surface area contributed by atoms with E-state index in [-0.39, 0.29) is 29.1 Å². The van der Waals surface area contributed by atoms with Crippen LogP contribution in [-0.4, -0.2) is 11.8 Å². The monoisotopic (exact) mass is 329 g/mol. The van der Waals surface area contributed by atoms with Gasteiger partial charge in [0, 0.05) is 6.42 Å². The molecule has 2 unspecified atom stereocenters. The van der Waals surface area contributed by atoms with E-state index in [9.17, 15) is 9.59 Å². The van der Waals surface area contributed by atoms with Gasteiger partial charge in [0.05, 0.1) is 11.6 Å². The predicted octanol–water partition coefficient (Wildman–Crippen LogP) is 5.08. The van der Waals surface area contributed by atoms with Gasteiger partial charge >= 0.3 is 0 Å². The first kappa shape index (κ1) is 18.7. The van der Waals surface area contributed by atoms with Crippen molar-refractivity contribution in [2.75, 3.05) is 4.90 Å². The van der Waals surface area contributed by atoms with E-state index in [2.05, 4.69) is 46.8 Å². The third kappa shape index (κ3) is 3.71. The molecule has 1 aromatic rings. The van der Waals surface area contributed by atoms with E-state index in [4.69, 9.17) is 0 Å². The summed E-state index contributed by atoms with van der Waals surface area (Å²) in [4.78, 5) is 26.5. The fourth-order valence-electron chi connectivity index (χ4n) is 3.86. The van der Waals surface area contributed by atoms with Gasteiger partial charge in [-0.05, 0) is 35.4 Å². The third-order valence-electron chi connectivity index (χ3n) is 5.39. The second-order valence-corrected chi connectivity index (χ2v) is 7.82. The molecular weight excluding hydrogens is 298 g/mol. The van der Waals surface area contributed by atoms with Crippen molar-refractivity contribution < 1.29 is 9.59 Å². The van der Waals surface area contributed by atoms with Crippen molar-refractivity contribution in [2.45, 2.75) is 72.1 Å². The van der Waals surface area contributed by atoms with Gasteiger partial charge in [-0.15, -0.1) is 0 Å². The van der Waals surface area contributed by atoms with E-state index in [1.165, 1.54) is 10.5 Å². The Morgan fingerprint density at radius 1 is 1.12 bits per heavy atom. The SMILES string of the molecule is CCCC(C)C1CC(=O)N(c2ccc(C(C)(C)CCC)cc2)C1=O. The van der Waals surface area contributed by atoms with Crippen molar-refractivity contribution >= 4 is 17.5 Å². The Labute approximate surface area is 146 Å². The Morgan fingerprint density at radius 2 is 1.75 bits per heavy atom. The molecule has 2 rings (SSSR count). The maximum Gasteiger partial charge on any atom is 0.237 e. The van der Waals surface area contributed by atoms with Crippen LogP contribution in [0.2, 0.25) is 0 Å². The fourth-order valence-corrected chi connectivity index (χ4v) is 3.86. The van der Waals surface area contributed by atoms with Crippen LogP contribution in [0.1, 0.15) is 72.3 Å². The average molecular weight is 329 g/mol. The predicted molar refractivity (Wildman–Crippen MR) is 99.0 cm³/mol. The van der Waals surface area contributed by atoms with Crippen LogP contribution in [0.4, 0.5) is 5.69 Å². The lowest BCUT2D eigenvalue weighted by Crippen LogP contribution is -2.32. The zero-order valence-electron chi connectivity index (χ0n) is 15.8. The molecule has 1 saturated heterocycles. The highest BCUT2D eigenvalue weighted by atomic mass is 16.2. The van der Waals surface area contributed by atoms with Crippen molar-refractivity contribution in [3.8, 4) is 0 Å². The quantitative estimate of drug-likeness (QED) is 0.654. The van der Waals surface area contributed by atoms with Gasteiger partial charge in [0.25, 0.3) is 0 Å². The zero-order chi connectivity index (χ0) is 17.9. The second-order valence-electron chi connectivity index (χ2n) is 7.82. The number of hydrogen-bond donors (Lipinski definition) is 0. The molecule has 1 heterocycles. The number of nitrogens with zero attached hydrogens (tertiary/aromatic N) is 1. The molecule has 0 saturated carbocycles. The van der Waals surface area contributed by atoms with Crippen LogP contribution in [0, 0.1) is 11.8 Å². The number of hydrogen-bond acceptors (Lipinski definition) is 2. The molecule has 1 aromatic carbocycles. The van der Waals surface area contributed by atoms with Crippen LogP contribution in [0.25, 0.3) is 0 Å². The summed E-state index contributed by atoms with van der Waals surface area (Å²) in [5.74, 6) is 0.0166. The van der Waals surface area contributed by atoms with Crippen molar-refractivity contribution in [1.29, 1.82) is 0 Å². The van der Waals surface area contributed by atoms with Gasteiger partial charge in [0.15, 0.2) is 0 Å². The Kier molecular flexibility index (Phi) is 5.84. The number of carbonyl (C=O) groups excluding carboxylic acids is 2. The number of carbonyl (C=O) groups is 2. The van der Waals surface area contributed by atoms with Gasteiger partial charge in [0.1, 0.15) is 0 Å². The lowest BCUT2D eigenvalue weighted by molar-refractivity contribution is -0.122. The van der Waals surface area contributed by atoms with Gasteiger partial charge in [-0.3, -0.25) is 14.5 Å². The normalized spacial score (nSPS) is 19.9. The second kappa shape index (κ2) is 7.50. The van der Waals surface area contributed by atoms with Gasteiger partial charge in [-0.1, -0.05) is 66.0 Å². The van der Waals surface area contributed by atoms with E-state index in [1.54, 1.807) is 0 Å². The molecule has 1 aliphatic heterocycles. The molecule has 0 N–H and O–H groups in total. The summed E-state index contributed by atoms with van der Waals surface area (Å²) in [6.07, 6.45) is 4.63. The topological polar surface area (TPSA) is 37.4 Å². The minimum absolute atomic E-state index is 0.0264. The minimum Gasteiger partial charge on any atom is -0.274 e. The number of benzene rings is 1. The molecule has 0 aliphatic carbocycles. The molecule has 2 amide bonds. The highest BCUT2D eigenvalue weighted by Crippen LogP contribution is 2.34. The molecule has 3 heteroatoms. The first-order valence-electron chi connectivity index (χ1n) is 9.29. The minimum atomic E-state index is -0.159. The smallest absolute Gasteiger partial charge is 0.237 e. The summed E-state index contributed by atoms with van der Waals surface area (Å²) < 4.78 is 0. The molecule has 24 heavy (non-hydrogen) atoms. The van der Waals surface area contributed by atoms with Crippen LogP contribution >= 0.6 is 0 Å². The lowest BCUT2D eigenvalue weighted by atomic mass is 9.81. The Morgan fingerprint density at radius 3 is 2.29 bits per heavy atom. The maximum atomic E-state index is 12.7. The molecule has 132 valence electrons. The maximum absolute atomic E-state index is 12.7. The van der Waals surface area contributed by atoms with E-state index < -0.39 is 0 Å². The molecule has 1 aliphatic rings. The largest absolute Gasteiger partial charge is 0.274 e. The molecular formula is C21H31NO2. The van der Waals surface area contributed by atoms with Crippen LogP contribution in [0.3, 0.4) is 0 Å². The van der Waals surface area contributed by atoms with Gasteiger partial charge in [0.2, 0.25) is 11.8 Å². The molecule has 0 aromatic heterocycles. The van der Waals surface area contributed by atoms with E-state index in [0.29, 0.717) is 12.1 Å². The van der Waals surface area contributed by atoms with E-state index in [0.717, 1.165) is 25.7 Å². The highest BCUT2D eigenvalue weighted by Gasteiger charge is 2.41. The van der Waals surface area contributed by atoms with E-state index in [1.807, 2.05) is 12.1 Å². The Balaban J connectivity index is 2.20. The Bertz CT molecular complexity index is 588. The average Bonchev–Trinajstić information content (AvgIpc) is 2.82. The molecule has 0 spiro atoms. The van der Waals surface area contributed by atoms with Gasteiger partial charge in [-0.25, -0.2) is 0 Å². The summed E-state index contributed by atoms with van der Waals surface area (Å²) in [5, 5.41) is 0. The van der Waals surface area contributed by atoms with Crippen molar-refractivity contribution in [3.63, 3.8) is 0 Å². The number of imide groups is 1. The van der Waals surface area contributed by atoms with Gasteiger partial charge in [-0.2, -0.15) is 0 Å². The first-order chi connectivity index (χ1) is 11.3. The van der Waals surface area contributed by atoms with Crippen LogP contribution in [0.5, 0.6) is 0 Å². The summed E-state index contributed by atoms with van der Waals surface area (Å²) in [6.45, 7) is 10.9. The number of rotatable bonds is 7.